The van der Waals surface area contributed by atoms with Gasteiger partial charge < -0.3 is 0 Å². The minimum atomic E-state index is 0.940. The van der Waals surface area contributed by atoms with Gasteiger partial charge in [0.15, 0.2) is 0 Å². The van der Waals surface area contributed by atoms with Crippen LogP contribution >= 0.6 is 23.1 Å². The van der Waals surface area contributed by atoms with Crippen molar-refractivity contribution in [2.24, 2.45) is 7.05 Å². The van der Waals surface area contributed by atoms with Crippen molar-refractivity contribution in [3.8, 4) is 10.6 Å². The SMILES string of the molecule is Cn1cc(-c2nc(CSCC=Cc3ccccc3)cs2)cn1. The summed E-state index contributed by atoms with van der Waals surface area (Å²) in [6, 6.07) is 10.4. The first-order valence-corrected chi connectivity index (χ1v) is 9.07. The number of thiazole rings is 1. The van der Waals surface area contributed by atoms with Crippen LogP contribution in [0.4, 0.5) is 0 Å². The summed E-state index contributed by atoms with van der Waals surface area (Å²) in [6.45, 7) is 0. The molecule has 3 rings (SSSR count). The van der Waals surface area contributed by atoms with Gasteiger partial charge in [-0.05, 0) is 5.56 Å². The molecule has 0 unspecified atom stereocenters. The van der Waals surface area contributed by atoms with Crippen molar-refractivity contribution in [1.82, 2.24) is 14.8 Å². The van der Waals surface area contributed by atoms with Crippen LogP contribution in [0.25, 0.3) is 16.6 Å². The second-order valence-electron chi connectivity index (χ2n) is 4.87. The fourth-order valence-electron chi connectivity index (χ4n) is 2.02. The van der Waals surface area contributed by atoms with Crippen molar-refractivity contribution in [2.75, 3.05) is 5.75 Å². The lowest BCUT2D eigenvalue weighted by molar-refractivity contribution is 0.768. The Hall–Kier alpha value is -1.85. The fraction of sp³-hybridized carbons (Fsp3) is 0.176. The molecule has 2 heterocycles. The molecule has 0 fully saturated rings. The van der Waals surface area contributed by atoms with E-state index in [0.29, 0.717) is 0 Å². The molecule has 0 saturated heterocycles. The lowest BCUT2D eigenvalue weighted by atomic mass is 10.2. The molecule has 0 aliphatic carbocycles. The van der Waals surface area contributed by atoms with Gasteiger partial charge in [-0.3, -0.25) is 4.68 Å². The molecular weight excluding hydrogens is 310 g/mol. The third-order valence-corrected chi connectivity index (χ3v) is 4.95. The first-order valence-electron chi connectivity index (χ1n) is 7.04. The lowest BCUT2D eigenvalue weighted by Gasteiger charge is -1.95. The van der Waals surface area contributed by atoms with Gasteiger partial charge in [0.25, 0.3) is 0 Å². The maximum atomic E-state index is 4.67. The third kappa shape index (κ3) is 4.08. The van der Waals surface area contributed by atoms with Crippen LogP contribution in [0.1, 0.15) is 11.3 Å². The number of hydrogen-bond donors (Lipinski definition) is 0. The smallest absolute Gasteiger partial charge is 0.126 e. The summed E-state index contributed by atoms with van der Waals surface area (Å²) in [5, 5.41) is 7.37. The van der Waals surface area contributed by atoms with E-state index in [0.717, 1.165) is 27.8 Å². The van der Waals surface area contributed by atoms with Gasteiger partial charge in [-0.25, -0.2) is 4.98 Å². The van der Waals surface area contributed by atoms with Crippen LogP contribution in [0.2, 0.25) is 0 Å². The van der Waals surface area contributed by atoms with Crippen molar-refractivity contribution in [3.05, 3.63) is 65.4 Å². The van der Waals surface area contributed by atoms with Gasteiger partial charge in [-0.1, -0.05) is 42.5 Å². The summed E-state index contributed by atoms with van der Waals surface area (Å²) in [7, 11) is 1.92. The highest BCUT2D eigenvalue weighted by Gasteiger charge is 2.06. The fourth-order valence-corrected chi connectivity index (χ4v) is 3.63. The topological polar surface area (TPSA) is 30.7 Å². The van der Waals surface area contributed by atoms with Crippen LogP contribution in [0.5, 0.6) is 0 Å². The van der Waals surface area contributed by atoms with Crippen molar-refractivity contribution in [3.63, 3.8) is 0 Å². The number of thioether (sulfide) groups is 1. The van der Waals surface area contributed by atoms with Crippen LogP contribution in [0, 0.1) is 0 Å². The third-order valence-electron chi connectivity index (χ3n) is 3.08. The van der Waals surface area contributed by atoms with E-state index in [4.69, 9.17) is 0 Å². The van der Waals surface area contributed by atoms with E-state index in [9.17, 15) is 0 Å². The molecule has 0 N–H and O–H groups in total. The average Bonchev–Trinajstić information content (AvgIpc) is 3.17. The summed E-state index contributed by atoms with van der Waals surface area (Å²) in [5.74, 6) is 1.94. The Morgan fingerprint density at radius 2 is 2.14 bits per heavy atom. The normalized spacial score (nSPS) is 11.3. The van der Waals surface area contributed by atoms with E-state index < -0.39 is 0 Å². The standard InChI is InChI=1S/C17H17N3S2/c1-20-11-15(10-18-20)17-19-16(13-22-17)12-21-9-5-8-14-6-3-2-4-7-14/h2-8,10-11,13H,9,12H2,1H3. The summed E-state index contributed by atoms with van der Waals surface area (Å²) in [6.07, 6.45) is 8.22. The maximum absolute atomic E-state index is 4.67. The van der Waals surface area contributed by atoms with Gasteiger partial charge in [-0.15, -0.1) is 11.3 Å². The van der Waals surface area contributed by atoms with E-state index in [1.165, 1.54) is 5.56 Å². The highest BCUT2D eigenvalue weighted by Crippen LogP contribution is 2.24. The molecule has 0 spiro atoms. The Bertz CT molecular complexity index is 744. The quantitative estimate of drug-likeness (QED) is 0.625. The summed E-state index contributed by atoms with van der Waals surface area (Å²) < 4.78 is 1.81. The molecule has 112 valence electrons. The number of benzene rings is 1. The molecule has 3 aromatic rings. The Balaban J connectivity index is 1.48. The van der Waals surface area contributed by atoms with Crippen LogP contribution in [-0.4, -0.2) is 20.5 Å². The molecule has 22 heavy (non-hydrogen) atoms. The summed E-state index contributed by atoms with van der Waals surface area (Å²) in [5.41, 5.74) is 3.48. The number of aryl methyl sites for hydroxylation is 1. The molecule has 0 amide bonds. The predicted octanol–water partition coefficient (Wildman–Crippen LogP) is 4.49. The second-order valence-corrected chi connectivity index (χ2v) is 6.76. The van der Waals surface area contributed by atoms with Crippen LogP contribution in [-0.2, 0) is 12.8 Å². The molecule has 3 nitrogen and oxygen atoms in total. The Kier molecular flexibility index (Phi) is 5.08. The van der Waals surface area contributed by atoms with E-state index in [-0.39, 0.29) is 0 Å². The Morgan fingerprint density at radius 3 is 2.91 bits per heavy atom. The zero-order chi connectivity index (χ0) is 15.2. The first kappa shape index (κ1) is 15.1. The molecular formula is C17H17N3S2. The second kappa shape index (κ2) is 7.42. The Labute approximate surface area is 138 Å². The van der Waals surface area contributed by atoms with E-state index in [2.05, 4.69) is 51.9 Å². The van der Waals surface area contributed by atoms with Crippen molar-refractivity contribution in [2.45, 2.75) is 5.75 Å². The molecule has 0 saturated carbocycles. The molecule has 0 aliphatic rings. The highest BCUT2D eigenvalue weighted by atomic mass is 32.2. The van der Waals surface area contributed by atoms with Crippen molar-refractivity contribution in [1.29, 1.82) is 0 Å². The zero-order valence-corrected chi connectivity index (χ0v) is 14.0. The minimum absolute atomic E-state index is 0.940. The summed E-state index contributed by atoms with van der Waals surface area (Å²) >= 11 is 3.56. The van der Waals surface area contributed by atoms with Gasteiger partial charge in [0.2, 0.25) is 0 Å². The van der Waals surface area contributed by atoms with Gasteiger partial charge in [0, 0.05) is 35.7 Å². The molecule has 0 aliphatic heterocycles. The number of nitrogens with zero attached hydrogens (tertiary/aromatic N) is 3. The molecule has 0 radical (unpaired) electrons. The molecule has 2 aromatic heterocycles. The molecule has 5 heteroatoms. The number of aromatic nitrogens is 3. The van der Waals surface area contributed by atoms with Crippen molar-refractivity contribution < 1.29 is 0 Å². The molecule has 0 atom stereocenters. The van der Waals surface area contributed by atoms with Gasteiger partial charge >= 0.3 is 0 Å². The number of hydrogen-bond acceptors (Lipinski definition) is 4. The average molecular weight is 327 g/mol. The highest BCUT2D eigenvalue weighted by molar-refractivity contribution is 7.98. The van der Waals surface area contributed by atoms with E-state index in [1.807, 2.05) is 37.3 Å². The van der Waals surface area contributed by atoms with Crippen LogP contribution in [0.15, 0.2) is 54.2 Å². The first-order chi connectivity index (χ1) is 10.8. The van der Waals surface area contributed by atoms with Crippen LogP contribution in [0.3, 0.4) is 0 Å². The van der Waals surface area contributed by atoms with Crippen LogP contribution < -0.4 is 0 Å². The predicted molar refractivity (Wildman–Crippen MR) is 96.0 cm³/mol. The van der Waals surface area contributed by atoms with Crippen molar-refractivity contribution >= 4 is 29.2 Å². The monoisotopic (exact) mass is 327 g/mol. The van der Waals surface area contributed by atoms with E-state index in [1.54, 1.807) is 16.0 Å². The maximum Gasteiger partial charge on any atom is 0.126 e. The van der Waals surface area contributed by atoms with Gasteiger partial charge in [-0.2, -0.15) is 16.9 Å². The minimum Gasteiger partial charge on any atom is -0.275 e. The molecule has 1 aromatic carbocycles. The van der Waals surface area contributed by atoms with Gasteiger partial charge in [0.1, 0.15) is 5.01 Å². The largest absolute Gasteiger partial charge is 0.275 e. The molecule has 0 bridgehead atoms. The van der Waals surface area contributed by atoms with E-state index >= 15 is 0 Å². The lowest BCUT2D eigenvalue weighted by Crippen LogP contribution is -1.84. The number of rotatable bonds is 6. The van der Waals surface area contributed by atoms with Gasteiger partial charge in [0.05, 0.1) is 11.9 Å². The Morgan fingerprint density at radius 1 is 1.27 bits per heavy atom. The summed E-state index contributed by atoms with van der Waals surface area (Å²) in [4.78, 5) is 4.67. The zero-order valence-electron chi connectivity index (χ0n) is 12.3.